The van der Waals surface area contributed by atoms with Crippen molar-refractivity contribution in [1.29, 1.82) is 5.26 Å². The van der Waals surface area contributed by atoms with Gasteiger partial charge in [-0.2, -0.15) is 5.26 Å². The zero-order valence-corrected chi connectivity index (χ0v) is 9.12. The fraction of sp³-hybridized carbons (Fsp3) is 0.909. The summed E-state index contributed by atoms with van der Waals surface area (Å²) in [5.74, 6) is 0.911. The SMILES string of the molecule is CC(C)NC(C#N)COCCC1CC1. The Morgan fingerprint density at radius 1 is 1.50 bits per heavy atom. The van der Waals surface area contributed by atoms with Crippen LogP contribution < -0.4 is 5.32 Å². The van der Waals surface area contributed by atoms with E-state index >= 15 is 0 Å². The van der Waals surface area contributed by atoms with E-state index in [-0.39, 0.29) is 6.04 Å². The van der Waals surface area contributed by atoms with Crippen LogP contribution in [0.4, 0.5) is 0 Å². The quantitative estimate of drug-likeness (QED) is 0.630. The fourth-order valence-electron chi connectivity index (χ4n) is 1.38. The van der Waals surface area contributed by atoms with Crippen LogP contribution in [0.3, 0.4) is 0 Å². The van der Waals surface area contributed by atoms with Crippen LogP contribution in [-0.2, 0) is 4.74 Å². The van der Waals surface area contributed by atoms with E-state index in [2.05, 4.69) is 11.4 Å². The van der Waals surface area contributed by atoms with Crippen LogP contribution in [0.5, 0.6) is 0 Å². The minimum absolute atomic E-state index is 0.158. The maximum atomic E-state index is 8.80. The van der Waals surface area contributed by atoms with Gasteiger partial charge in [0.15, 0.2) is 0 Å². The highest BCUT2D eigenvalue weighted by molar-refractivity contribution is 4.90. The lowest BCUT2D eigenvalue weighted by Crippen LogP contribution is -2.37. The van der Waals surface area contributed by atoms with Crippen molar-refractivity contribution in [3.63, 3.8) is 0 Å². The van der Waals surface area contributed by atoms with Gasteiger partial charge >= 0.3 is 0 Å². The molecule has 0 aliphatic heterocycles. The molecule has 1 aliphatic rings. The lowest BCUT2D eigenvalue weighted by atomic mass is 10.3. The molecule has 0 bridgehead atoms. The van der Waals surface area contributed by atoms with Crippen LogP contribution in [0.15, 0.2) is 0 Å². The Hall–Kier alpha value is -0.590. The molecule has 0 aromatic heterocycles. The summed E-state index contributed by atoms with van der Waals surface area (Å²) in [4.78, 5) is 0. The normalized spacial score (nSPS) is 18.1. The minimum Gasteiger partial charge on any atom is -0.379 e. The summed E-state index contributed by atoms with van der Waals surface area (Å²) in [6.07, 6.45) is 3.91. The Kier molecular flexibility index (Phi) is 4.92. The van der Waals surface area contributed by atoms with Gasteiger partial charge in [0.25, 0.3) is 0 Å². The van der Waals surface area contributed by atoms with E-state index in [1.807, 2.05) is 13.8 Å². The average molecular weight is 196 g/mol. The van der Waals surface area contributed by atoms with Gasteiger partial charge in [-0.15, -0.1) is 0 Å². The van der Waals surface area contributed by atoms with Gasteiger partial charge in [0.1, 0.15) is 6.04 Å². The van der Waals surface area contributed by atoms with E-state index in [1.165, 1.54) is 19.3 Å². The molecule has 1 N–H and O–H groups in total. The lowest BCUT2D eigenvalue weighted by molar-refractivity contribution is 0.116. The number of hydrogen-bond acceptors (Lipinski definition) is 3. The molecular formula is C11H20N2O. The second kappa shape index (κ2) is 6.00. The maximum absolute atomic E-state index is 8.80. The van der Waals surface area contributed by atoms with Gasteiger partial charge in [-0.05, 0) is 26.2 Å². The van der Waals surface area contributed by atoms with E-state index in [4.69, 9.17) is 10.00 Å². The number of hydrogen-bond donors (Lipinski definition) is 1. The highest BCUT2D eigenvalue weighted by atomic mass is 16.5. The Bertz CT molecular complexity index is 194. The topological polar surface area (TPSA) is 45.0 Å². The molecule has 1 unspecified atom stereocenters. The lowest BCUT2D eigenvalue weighted by Gasteiger charge is -2.14. The smallest absolute Gasteiger partial charge is 0.119 e. The predicted molar refractivity (Wildman–Crippen MR) is 55.8 cm³/mol. The molecule has 0 aromatic rings. The van der Waals surface area contributed by atoms with Crippen molar-refractivity contribution >= 4 is 0 Å². The third-order valence-corrected chi connectivity index (χ3v) is 2.34. The Morgan fingerprint density at radius 2 is 2.21 bits per heavy atom. The highest BCUT2D eigenvalue weighted by Gasteiger charge is 2.20. The van der Waals surface area contributed by atoms with Gasteiger partial charge < -0.3 is 4.74 Å². The molecule has 14 heavy (non-hydrogen) atoms. The second-order valence-corrected chi connectivity index (χ2v) is 4.31. The molecule has 0 spiro atoms. The standard InChI is InChI=1S/C11H20N2O/c1-9(2)13-11(7-12)8-14-6-5-10-3-4-10/h9-11,13H,3-6,8H2,1-2H3. The molecule has 1 fully saturated rings. The first-order valence-electron chi connectivity index (χ1n) is 5.45. The first-order chi connectivity index (χ1) is 6.72. The van der Waals surface area contributed by atoms with Crippen molar-refractivity contribution in [1.82, 2.24) is 5.32 Å². The third-order valence-electron chi connectivity index (χ3n) is 2.34. The number of ether oxygens (including phenoxy) is 1. The summed E-state index contributed by atoms with van der Waals surface area (Å²) in [6, 6.07) is 2.38. The summed E-state index contributed by atoms with van der Waals surface area (Å²) in [5, 5.41) is 12.0. The Labute approximate surface area is 86.4 Å². The molecular weight excluding hydrogens is 176 g/mol. The van der Waals surface area contributed by atoms with E-state index < -0.39 is 0 Å². The van der Waals surface area contributed by atoms with E-state index in [0.717, 1.165) is 12.5 Å². The summed E-state index contributed by atoms with van der Waals surface area (Å²) in [7, 11) is 0. The molecule has 3 heteroatoms. The number of nitrogens with one attached hydrogen (secondary N) is 1. The molecule has 0 heterocycles. The molecule has 1 rings (SSSR count). The van der Waals surface area contributed by atoms with Gasteiger partial charge in [-0.3, -0.25) is 5.32 Å². The van der Waals surface area contributed by atoms with Crippen molar-refractivity contribution in [3.8, 4) is 6.07 Å². The Balaban J connectivity index is 1.98. The second-order valence-electron chi connectivity index (χ2n) is 4.31. The number of nitrogens with zero attached hydrogens (tertiary/aromatic N) is 1. The summed E-state index contributed by atoms with van der Waals surface area (Å²) in [5.41, 5.74) is 0. The monoisotopic (exact) mass is 196 g/mol. The van der Waals surface area contributed by atoms with Crippen LogP contribution >= 0.6 is 0 Å². The number of nitriles is 1. The molecule has 0 radical (unpaired) electrons. The largest absolute Gasteiger partial charge is 0.379 e. The van der Waals surface area contributed by atoms with Crippen molar-refractivity contribution in [3.05, 3.63) is 0 Å². The zero-order chi connectivity index (χ0) is 10.4. The third kappa shape index (κ3) is 5.21. The van der Waals surface area contributed by atoms with E-state index in [0.29, 0.717) is 12.6 Å². The minimum atomic E-state index is -0.158. The van der Waals surface area contributed by atoms with Crippen LogP contribution in [0, 0.1) is 17.2 Å². The first kappa shape index (κ1) is 11.5. The van der Waals surface area contributed by atoms with Crippen LogP contribution in [0.2, 0.25) is 0 Å². The zero-order valence-electron chi connectivity index (χ0n) is 9.12. The van der Waals surface area contributed by atoms with Crippen LogP contribution in [0.1, 0.15) is 33.1 Å². The molecule has 3 nitrogen and oxygen atoms in total. The van der Waals surface area contributed by atoms with Gasteiger partial charge in [-0.1, -0.05) is 12.8 Å². The molecule has 1 saturated carbocycles. The van der Waals surface area contributed by atoms with Crippen molar-refractivity contribution in [2.45, 2.75) is 45.2 Å². The first-order valence-corrected chi connectivity index (χ1v) is 5.45. The molecule has 1 aliphatic carbocycles. The maximum Gasteiger partial charge on any atom is 0.119 e. The van der Waals surface area contributed by atoms with Gasteiger partial charge in [0, 0.05) is 12.6 Å². The molecule has 1 atom stereocenters. The fourth-order valence-corrected chi connectivity index (χ4v) is 1.38. The highest BCUT2D eigenvalue weighted by Crippen LogP contribution is 2.31. The van der Waals surface area contributed by atoms with Crippen molar-refractivity contribution < 1.29 is 4.74 Å². The predicted octanol–water partition coefficient (Wildman–Crippen LogP) is 1.69. The summed E-state index contributed by atoms with van der Waals surface area (Å²) >= 11 is 0. The van der Waals surface area contributed by atoms with Gasteiger partial charge in [-0.25, -0.2) is 0 Å². The average Bonchev–Trinajstić information content (AvgIpc) is 2.93. The van der Waals surface area contributed by atoms with Crippen LogP contribution in [-0.4, -0.2) is 25.3 Å². The van der Waals surface area contributed by atoms with Gasteiger partial charge in [0.05, 0.1) is 12.7 Å². The number of rotatable bonds is 7. The van der Waals surface area contributed by atoms with Crippen molar-refractivity contribution in [2.75, 3.05) is 13.2 Å². The van der Waals surface area contributed by atoms with E-state index in [9.17, 15) is 0 Å². The van der Waals surface area contributed by atoms with Crippen LogP contribution in [0.25, 0.3) is 0 Å². The summed E-state index contributed by atoms with van der Waals surface area (Å²) in [6.45, 7) is 5.40. The molecule has 80 valence electrons. The van der Waals surface area contributed by atoms with Crippen molar-refractivity contribution in [2.24, 2.45) is 5.92 Å². The van der Waals surface area contributed by atoms with Gasteiger partial charge in [0.2, 0.25) is 0 Å². The molecule has 0 aromatic carbocycles. The molecule has 0 saturated heterocycles. The molecule has 0 amide bonds. The summed E-state index contributed by atoms with van der Waals surface area (Å²) < 4.78 is 5.45. The Morgan fingerprint density at radius 3 is 2.71 bits per heavy atom. The van der Waals surface area contributed by atoms with E-state index in [1.54, 1.807) is 0 Å².